The maximum atomic E-state index is 5.84. The Bertz CT molecular complexity index is 313. The van der Waals surface area contributed by atoms with Crippen molar-refractivity contribution < 1.29 is 0 Å². The van der Waals surface area contributed by atoms with Crippen molar-refractivity contribution in [1.82, 2.24) is 9.97 Å². The second-order valence-electron chi connectivity index (χ2n) is 3.90. The topological polar surface area (TPSA) is 63.8 Å². The molecule has 2 rings (SSSR count). The molecule has 0 bridgehead atoms. The van der Waals surface area contributed by atoms with Crippen molar-refractivity contribution in [3.05, 3.63) is 18.1 Å². The summed E-state index contributed by atoms with van der Waals surface area (Å²) in [6, 6.07) is 0.824. The largest absolute Gasteiger partial charge is 0.366 e. The van der Waals surface area contributed by atoms with Crippen molar-refractivity contribution in [3.8, 4) is 0 Å². The fourth-order valence-electron chi connectivity index (χ4n) is 1.89. The molecule has 1 aliphatic carbocycles. The van der Waals surface area contributed by atoms with Gasteiger partial charge in [0.25, 0.3) is 0 Å². The molecule has 1 aromatic heterocycles. The molecule has 2 unspecified atom stereocenters. The van der Waals surface area contributed by atoms with E-state index in [0.717, 1.165) is 30.8 Å². The van der Waals surface area contributed by atoms with Crippen LogP contribution in [0.3, 0.4) is 0 Å². The summed E-state index contributed by atoms with van der Waals surface area (Å²) in [5, 5.41) is 3.39. The summed E-state index contributed by atoms with van der Waals surface area (Å²) in [6.45, 7) is 1.96. The van der Waals surface area contributed by atoms with Crippen LogP contribution >= 0.6 is 0 Å². The monoisotopic (exact) mass is 192 g/mol. The number of hydrogen-bond acceptors (Lipinski definition) is 4. The zero-order valence-electron chi connectivity index (χ0n) is 8.40. The van der Waals surface area contributed by atoms with Gasteiger partial charge in [-0.1, -0.05) is 0 Å². The summed E-state index contributed by atoms with van der Waals surface area (Å²) in [5.41, 5.74) is 6.79. The van der Waals surface area contributed by atoms with Crippen molar-refractivity contribution in [2.75, 3.05) is 5.32 Å². The van der Waals surface area contributed by atoms with E-state index in [0.29, 0.717) is 12.1 Å². The maximum Gasteiger partial charge on any atom is 0.147 e. The molecular formula is C10H16N4. The van der Waals surface area contributed by atoms with Gasteiger partial charge in [0.2, 0.25) is 0 Å². The molecule has 1 fully saturated rings. The average Bonchev–Trinajstić information content (AvgIpc) is 2.56. The number of nitrogens with zero attached hydrogens (tertiary/aromatic N) is 2. The van der Waals surface area contributed by atoms with Crippen LogP contribution in [0, 0.1) is 6.92 Å². The van der Waals surface area contributed by atoms with Crippen LogP contribution in [0.15, 0.2) is 12.4 Å². The number of anilines is 1. The Morgan fingerprint density at radius 1 is 1.36 bits per heavy atom. The second kappa shape index (κ2) is 3.92. The first-order chi connectivity index (χ1) is 6.75. The van der Waals surface area contributed by atoms with Crippen molar-refractivity contribution in [1.29, 1.82) is 0 Å². The fraction of sp³-hybridized carbons (Fsp3) is 0.600. The van der Waals surface area contributed by atoms with Crippen LogP contribution in [0.5, 0.6) is 0 Å². The van der Waals surface area contributed by atoms with E-state index in [1.807, 2.05) is 6.92 Å². The van der Waals surface area contributed by atoms with Crippen LogP contribution in [-0.4, -0.2) is 22.1 Å². The smallest absolute Gasteiger partial charge is 0.147 e. The fourth-order valence-corrected chi connectivity index (χ4v) is 1.89. The predicted octanol–water partition coefficient (Wildman–Crippen LogP) is 1.08. The Morgan fingerprint density at radius 3 is 2.79 bits per heavy atom. The molecule has 1 aromatic rings. The number of nitrogens with two attached hydrogens (primary N) is 1. The minimum Gasteiger partial charge on any atom is -0.366 e. The quantitative estimate of drug-likeness (QED) is 0.736. The van der Waals surface area contributed by atoms with Gasteiger partial charge in [-0.25, -0.2) is 4.98 Å². The standard InChI is InChI=1S/C10H16N4/c1-7-10(13-5-4-12-7)14-9-3-2-8(11)6-9/h4-5,8-9H,2-3,6,11H2,1H3,(H,13,14). The molecule has 76 valence electrons. The number of aryl methyl sites for hydroxylation is 1. The Hall–Kier alpha value is -1.16. The van der Waals surface area contributed by atoms with Crippen LogP contribution in [0.4, 0.5) is 5.82 Å². The summed E-state index contributed by atoms with van der Waals surface area (Å²) >= 11 is 0. The highest BCUT2D eigenvalue weighted by atomic mass is 15.0. The molecule has 0 saturated heterocycles. The van der Waals surface area contributed by atoms with E-state index in [4.69, 9.17) is 5.73 Å². The average molecular weight is 192 g/mol. The van der Waals surface area contributed by atoms with Gasteiger partial charge in [-0.3, -0.25) is 4.98 Å². The van der Waals surface area contributed by atoms with Crippen LogP contribution in [0.2, 0.25) is 0 Å². The van der Waals surface area contributed by atoms with Crippen molar-refractivity contribution in [2.24, 2.45) is 5.73 Å². The van der Waals surface area contributed by atoms with Crippen LogP contribution in [0.1, 0.15) is 25.0 Å². The third kappa shape index (κ3) is 2.01. The second-order valence-corrected chi connectivity index (χ2v) is 3.90. The van der Waals surface area contributed by atoms with Gasteiger partial charge < -0.3 is 11.1 Å². The number of aromatic nitrogens is 2. The molecule has 4 nitrogen and oxygen atoms in total. The molecule has 0 radical (unpaired) electrons. The Kier molecular flexibility index (Phi) is 2.63. The maximum absolute atomic E-state index is 5.84. The molecule has 1 saturated carbocycles. The summed E-state index contributed by atoms with van der Waals surface area (Å²) in [7, 11) is 0. The first kappa shape index (κ1) is 9.40. The molecule has 1 aliphatic rings. The minimum atomic E-state index is 0.351. The molecule has 1 heterocycles. The normalized spacial score (nSPS) is 26.4. The number of hydrogen-bond donors (Lipinski definition) is 2. The molecule has 0 spiro atoms. The third-order valence-electron chi connectivity index (χ3n) is 2.70. The molecular weight excluding hydrogens is 176 g/mol. The Balaban J connectivity index is 2.01. The zero-order valence-corrected chi connectivity index (χ0v) is 8.40. The van der Waals surface area contributed by atoms with Gasteiger partial charge in [-0.05, 0) is 26.2 Å². The number of rotatable bonds is 2. The van der Waals surface area contributed by atoms with Gasteiger partial charge >= 0.3 is 0 Å². The van der Waals surface area contributed by atoms with Gasteiger partial charge in [-0.15, -0.1) is 0 Å². The molecule has 4 heteroatoms. The predicted molar refractivity (Wildman–Crippen MR) is 56.0 cm³/mol. The van der Waals surface area contributed by atoms with Crippen LogP contribution in [-0.2, 0) is 0 Å². The van der Waals surface area contributed by atoms with E-state index in [9.17, 15) is 0 Å². The van der Waals surface area contributed by atoms with E-state index in [1.54, 1.807) is 12.4 Å². The Labute approximate surface area is 83.9 Å². The highest BCUT2D eigenvalue weighted by molar-refractivity contribution is 5.39. The van der Waals surface area contributed by atoms with Crippen molar-refractivity contribution in [2.45, 2.75) is 38.3 Å². The lowest BCUT2D eigenvalue weighted by Gasteiger charge is -2.13. The van der Waals surface area contributed by atoms with Crippen LogP contribution < -0.4 is 11.1 Å². The van der Waals surface area contributed by atoms with E-state index in [1.165, 1.54) is 0 Å². The van der Waals surface area contributed by atoms with E-state index < -0.39 is 0 Å². The lowest BCUT2D eigenvalue weighted by atomic mass is 10.2. The first-order valence-corrected chi connectivity index (χ1v) is 5.05. The van der Waals surface area contributed by atoms with Gasteiger partial charge in [0.1, 0.15) is 5.82 Å². The molecule has 2 atom stereocenters. The van der Waals surface area contributed by atoms with Gasteiger partial charge in [0, 0.05) is 24.5 Å². The van der Waals surface area contributed by atoms with Crippen molar-refractivity contribution >= 4 is 5.82 Å². The van der Waals surface area contributed by atoms with Gasteiger partial charge in [0.15, 0.2) is 0 Å². The minimum absolute atomic E-state index is 0.351. The Morgan fingerprint density at radius 2 is 2.14 bits per heavy atom. The van der Waals surface area contributed by atoms with Crippen molar-refractivity contribution in [3.63, 3.8) is 0 Å². The van der Waals surface area contributed by atoms with Gasteiger partial charge in [-0.2, -0.15) is 0 Å². The number of nitrogens with one attached hydrogen (secondary N) is 1. The molecule has 3 N–H and O–H groups in total. The molecule has 0 aromatic carbocycles. The van der Waals surface area contributed by atoms with E-state index in [2.05, 4.69) is 15.3 Å². The molecule has 0 amide bonds. The van der Waals surface area contributed by atoms with Gasteiger partial charge in [0.05, 0.1) is 5.69 Å². The lowest BCUT2D eigenvalue weighted by molar-refractivity contribution is 0.686. The van der Waals surface area contributed by atoms with E-state index in [-0.39, 0.29) is 0 Å². The summed E-state index contributed by atoms with van der Waals surface area (Å²) < 4.78 is 0. The molecule has 14 heavy (non-hydrogen) atoms. The summed E-state index contributed by atoms with van der Waals surface area (Å²) in [6.07, 6.45) is 6.70. The lowest BCUT2D eigenvalue weighted by Crippen LogP contribution is -2.21. The third-order valence-corrected chi connectivity index (χ3v) is 2.70. The van der Waals surface area contributed by atoms with Crippen LogP contribution in [0.25, 0.3) is 0 Å². The van der Waals surface area contributed by atoms with E-state index >= 15 is 0 Å². The SMILES string of the molecule is Cc1nccnc1NC1CCC(N)C1. The highest BCUT2D eigenvalue weighted by Crippen LogP contribution is 2.21. The summed E-state index contributed by atoms with van der Waals surface area (Å²) in [5.74, 6) is 0.895. The zero-order chi connectivity index (χ0) is 9.97. The molecule has 0 aliphatic heterocycles. The summed E-state index contributed by atoms with van der Waals surface area (Å²) in [4.78, 5) is 8.44. The highest BCUT2D eigenvalue weighted by Gasteiger charge is 2.22. The first-order valence-electron chi connectivity index (χ1n) is 5.05.